The van der Waals surface area contributed by atoms with Crippen molar-refractivity contribution in [1.29, 1.82) is 0 Å². The number of nitrogens with one attached hydrogen (secondary N) is 1. The average Bonchev–Trinajstić information content (AvgIpc) is 2.37. The predicted octanol–water partition coefficient (Wildman–Crippen LogP) is 5.22. The van der Waals surface area contributed by atoms with E-state index in [0.717, 1.165) is 15.8 Å². The second-order valence-corrected chi connectivity index (χ2v) is 5.93. The molecule has 106 valence electrons. The van der Waals surface area contributed by atoms with Gasteiger partial charge in [0.1, 0.15) is 5.75 Å². The van der Waals surface area contributed by atoms with E-state index in [-0.39, 0.29) is 6.10 Å². The molecule has 2 aromatic rings. The average molecular weight is 356 g/mol. The summed E-state index contributed by atoms with van der Waals surface area (Å²) in [6, 6.07) is 11.3. The van der Waals surface area contributed by atoms with Gasteiger partial charge in [0.15, 0.2) is 0 Å². The van der Waals surface area contributed by atoms with Crippen LogP contribution in [0.4, 0.5) is 17.1 Å². The number of hydrogen-bond donors (Lipinski definition) is 2. The number of ether oxygens (including phenoxy) is 1. The lowest BCUT2D eigenvalue weighted by Gasteiger charge is -2.14. The highest BCUT2D eigenvalue weighted by Crippen LogP contribution is 2.30. The van der Waals surface area contributed by atoms with Gasteiger partial charge in [0.2, 0.25) is 0 Å². The van der Waals surface area contributed by atoms with E-state index in [1.807, 2.05) is 50.2 Å². The number of halogens is 2. The highest BCUT2D eigenvalue weighted by Gasteiger charge is 2.05. The summed E-state index contributed by atoms with van der Waals surface area (Å²) in [5, 5.41) is 3.97. The smallest absolute Gasteiger partial charge is 0.144 e. The van der Waals surface area contributed by atoms with Gasteiger partial charge in [-0.05, 0) is 60.1 Å². The number of nitrogen functional groups attached to an aromatic ring is 1. The molecule has 2 rings (SSSR count). The monoisotopic (exact) mass is 354 g/mol. The van der Waals surface area contributed by atoms with Crippen molar-refractivity contribution in [3.8, 4) is 5.75 Å². The first-order chi connectivity index (χ1) is 9.45. The van der Waals surface area contributed by atoms with Gasteiger partial charge in [0.25, 0.3) is 0 Å². The van der Waals surface area contributed by atoms with Crippen LogP contribution in [0.3, 0.4) is 0 Å². The first-order valence-corrected chi connectivity index (χ1v) is 7.41. The van der Waals surface area contributed by atoms with Crippen molar-refractivity contribution in [2.24, 2.45) is 0 Å². The Balaban J connectivity index is 2.22. The topological polar surface area (TPSA) is 47.3 Å². The van der Waals surface area contributed by atoms with Crippen LogP contribution < -0.4 is 15.8 Å². The molecule has 0 spiro atoms. The minimum atomic E-state index is 0.0808. The van der Waals surface area contributed by atoms with Crippen molar-refractivity contribution in [2.75, 3.05) is 11.1 Å². The minimum Gasteiger partial charge on any atom is -0.489 e. The maximum absolute atomic E-state index is 5.98. The molecule has 3 N–H and O–H groups in total. The SMILES string of the molecule is CC(C)Oc1cc(Nc2ccc(Cl)c(Br)c2)ccc1N. The normalized spacial score (nSPS) is 10.7. The molecule has 0 aliphatic carbocycles. The summed E-state index contributed by atoms with van der Waals surface area (Å²) >= 11 is 9.38. The van der Waals surface area contributed by atoms with Gasteiger partial charge >= 0.3 is 0 Å². The minimum absolute atomic E-state index is 0.0808. The van der Waals surface area contributed by atoms with Crippen LogP contribution in [0.1, 0.15) is 13.8 Å². The highest BCUT2D eigenvalue weighted by molar-refractivity contribution is 9.10. The summed E-state index contributed by atoms with van der Waals surface area (Å²) in [5.41, 5.74) is 8.36. The molecule has 20 heavy (non-hydrogen) atoms. The van der Waals surface area contributed by atoms with Crippen LogP contribution in [0.25, 0.3) is 0 Å². The van der Waals surface area contributed by atoms with Crippen molar-refractivity contribution in [3.05, 3.63) is 45.9 Å². The lowest BCUT2D eigenvalue weighted by molar-refractivity contribution is 0.244. The van der Waals surface area contributed by atoms with Gasteiger partial charge in [0, 0.05) is 21.9 Å². The Hall–Kier alpha value is -1.39. The second-order valence-electron chi connectivity index (χ2n) is 4.67. The molecule has 0 saturated heterocycles. The number of anilines is 3. The first kappa shape index (κ1) is 15.0. The molecule has 0 fully saturated rings. The first-order valence-electron chi connectivity index (χ1n) is 6.24. The van der Waals surface area contributed by atoms with Crippen molar-refractivity contribution >= 4 is 44.6 Å². The molecule has 0 aromatic heterocycles. The molecule has 0 saturated carbocycles. The van der Waals surface area contributed by atoms with Crippen LogP contribution in [-0.2, 0) is 0 Å². The third-order valence-corrected chi connectivity index (χ3v) is 3.80. The maximum atomic E-state index is 5.98. The van der Waals surface area contributed by atoms with Crippen molar-refractivity contribution in [2.45, 2.75) is 20.0 Å². The van der Waals surface area contributed by atoms with Gasteiger partial charge in [-0.25, -0.2) is 0 Å². The number of benzene rings is 2. The summed E-state index contributed by atoms with van der Waals surface area (Å²) in [6.07, 6.45) is 0.0808. The van der Waals surface area contributed by atoms with Crippen molar-refractivity contribution < 1.29 is 4.74 Å². The molecule has 0 radical (unpaired) electrons. The van der Waals surface area contributed by atoms with Crippen LogP contribution in [0.5, 0.6) is 5.75 Å². The van der Waals surface area contributed by atoms with E-state index in [2.05, 4.69) is 21.2 Å². The molecule has 5 heteroatoms. The number of hydrogen-bond acceptors (Lipinski definition) is 3. The maximum Gasteiger partial charge on any atom is 0.144 e. The molecule has 2 aromatic carbocycles. The molecular weight excluding hydrogens is 340 g/mol. The van der Waals surface area contributed by atoms with E-state index in [1.54, 1.807) is 0 Å². The molecule has 3 nitrogen and oxygen atoms in total. The van der Waals surface area contributed by atoms with Gasteiger partial charge in [-0.3, -0.25) is 0 Å². The summed E-state index contributed by atoms with van der Waals surface area (Å²) in [5.74, 6) is 0.679. The third-order valence-electron chi connectivity index (χ3n) is 2.58. The Kier molecular flexibility index (Phi) is 4.78. The molecule has 0 bridgehead atoms. The zero-order chi connectivity index (χ0) is 14.7. The Morgan fingerprint density at radius 3 is 2.45 bits per heavy atom. The van der Waals surface area contributed by atoms with Gasteiger partial charge in [-0.15, -0.1) is 0 Å². The van der Waals surface area contributed by atoms with E-state index in [9.17, 15) is 0 Å². The van der Waals surface area contributed by atoms with E-state index >= 15 is 0 Å². The molecule has 0 atom stereocenters. The largest absolute Gasteiger partial charge is 0.489 e. The fourth-order valence-electron chi connectivity index (χ4n) is 1.71. The third kappa shape index (κ3) is 3.81. The molecule has 0 amide bonds. The summed E-state index contributed by atoms with van der Waals surface area (Å²) in [7, 11) is 0. The Morgan fingerprint density at radius 2 is 1.80 bits per heavy atom. The van der Waals surface area contributed by atoms with Gasteiger partial charge in [0.05, 0.1) is 16.8 Å². The second kappa shape index (κ2) is 6.37. The summed E-state index contributed by atoms with van der Waals surface area (Å²) in [6.45, 7) is 3.94. The zero-order valence-electron chi connectivity index (χ0n) is 11.3. The Labute approximate surface area is 132 Å². The van der Waals surface area contributed by atoms with Gasteiger partial charge in [-0.2, -0.15) is 0 Å². The van der Waals surface area contributed by atoms with Gasteiger partial charge < -0.3 is 15.8 Å². The molecule has 0 heterocycles. The zero-order valence-corrected chi connectivity index (χ0v) is 13.6. The lowest BCUT2D eigenvalue weighted by atomic mass is 10.2. The van der Waals surface area contributed by atoms with Crippen LogP contribution in [-0.4, -0.2) is 6.10 Å². The number of nitrogens with two attached hydrogens (primary N) is 1. The van der Waals surface area contributed by atoms with E-state index in [0.29, 0.717) is 16.5 Å². The fraction of sp³-hybridized carbons (Fsp3) is 0.200. The van der Waals surface area contributed by atoms with Crippen LogP contribution in [0.2, 0.25) is 5.02 Å². The van der Waals surface area contributed by atoms with Crippen molar-refractivity contribution in [1.82, 2.24) is 0 Å². The van der Waals surface area contributed by atoms with Crippen LogP contribution in [0, 0.1) is 0 Å². The predicted molar refractivity (Wildman–Crippen MR) is 89.1 cm³/mol. The van der Waals surface area contributed by atoms with E-state index in [4.69, 9.17) is 22.1 Å². The van der Waals surface area contributed by atoms with Crippen LogP contribution >= 0.6 is 27.5 Å². The van der Waals surface area contributed by atoms with E-state index in [1.165, 1.54) is 0 Å². The van der Waals surface area contributed by atoms with Gasteiger partial charge in [-0.1, -0.05) is 11.6 Å². The summed E-state index contributed by atoms with van der Waals surface area (Å²) < 4.78 is 6.52. The Bertz CT molecular complexity index is 617. The lowest BCUT2D eigenvalue weighted by Crippen LogP contribution is -2.07. The molecular formula is C15H16BrClN2O. The quantitative estimate of drug-likeness (QED) is 0.740. The molecule has 0 unspecified atom stereocenters. The molecule has 0 aliphatic rings. The van der Waals surface area contributed by atoms with E-state index < -0.39 is 0 Å². The molecule has 0 aliphatic heterocycles. The summed E-state index contributed by atoms with van der Waals surface area (Å²) in [4.78, 5) is 0. The fourth-order valence-corrected chi connectivity index (χ4v) is 2.21. The highest BCUT2D eigenvalue weighted by atomic mass is 79.9. The Morgan fingerprint density at radius 1 is 1.15 bits per heavy atom. The van der Waals surface area contributed by atoms with Crippen LogP contribution in [0.15, 0.2) is 40.9 Å². The standard InChI is InChI=1S/C15H16BrClN2O/c1-9(2)20-15-8-11(4-6-14(15)18)19-10-3-5-13(17)12(16)7-10/h3-9,19H,18H2,1-2H3. The van der Waals surface area contributed by atoms with Crippen molar-refractivity contribution in [3.63, 3.8) is 0 Å². The number of rotatable bonds is 4.